The van der Waals surface area contributed by atoms with Gasteiger partial charge in [0.15, 0.2) is 16.1 Å². The van der Waals surface area contributed by atoms with Crippen LogP contribution >= 0.6 is 15.9 Å². The van der Waals surface area contributed by atoms with Gasteiger partial charge < -0.3 is 20.1 Å². The predicted molar refractivity (Wildman–Crippen MR) is 130 cm³/mol. The van der Waals surface area contributed by atoms with Gasteiger partial charge in [-0.3, -0.25) is 0 Å². The fraction of sp³-hybridized carbons (Fsp3) is 0.364. The van der Waals surface area contributed by atoms with Crippen LogP contribution in [-0.2, 0) is 19.3 Å². The second-order valence-corrected chi connectivity index (χ2v) is 10.3. The lowest BCUT2D eigenvalue weighted by Gasteiger charge is -2.21. The van der Waals surface area contributed by atoms with Crippen molar-refractivity contribution in [1.82, 2.24) is 9.97 Å². The minimum atomic E-state index is -3.32. The molecule has 8 nitrogen and oxygen atoms in total. The van der Waals surface area contributed by atoms with Crippen LogP contribution in [0.15, 0.2) is 45.8 Å². The molecule has 0 fully saturated rings. The number of methoxy groups -OCH3 is 2. The van der Waals surface area contributed by atoms with E-state index in [9.17, 15) is 8.42 Å². The summed E-state index contributed by atoms with van der Waals surface area (Å²) >= 11 is 3.51. The SMILES string of the molecule is COC(CNc1nc(N[C@H](C)c2cccc(S(C)(=O)=O)c2C)c2cc(Br)ccc2n1)OC. The molecule has 0 aliphatic heterocycles. The fourth-order valence-electron chi connectivity index (χ4n) is 3.51. The minimum Gasteiger partial charge on any atom is -0.363 e. The zero-order valence-corrected chi connectivity index (χ0v) is 21.0. The van der Waals surface area contributed by atoms with Crippen LogP contribution < -0.4 is 10.6 Å². The highest BCUT2D eigenvalue weighted by molar-refractivity contribution is 9.10. The van der Waals surface area contributed by atoms with E-state index in [-0.39, 0.29) is 6.04 Å². The van der Waals surface area contributed by atoms with Gasteiger partial charge in [0.05, 0.1) is 23.0 Å². The van der Waals surface area contributed by atoms with Gasteiger partial charge in [-0.25, -0.2) is 13.4 Å². The number of sulfone groups is 1. The van der Waals surface area contributed by atoms with Crippen molar-refractivity contribution in [1.29, 1.82) is 0 Å². The van der Waals surface area contributed by atoms with E-state index in [0.717, 1.165) is 26.5 Å². The van der Waals surface area contributed by atoms with E-state index >= 15 is 0 Å². The Morgan fingerprint density at radius 1 is 1.12 bits per heavy atom. The highest BCUT2D eigenvalue weighted by atomic mass is 79.9. The molecule has 1 atom stereocenters. The first kappa shape index (κ1) is 24.4. The van der Waals surface area contributed by atoms with Crippen molar-refractivity contribution in [3.63, 3.8) is 0 Å². The van der Waals surface area contributed by atoms with Gasteiger partial charge in [-0.2, -0.15) is 4.98 Å². The van der Waals surface area contributed by atoms with Gasteiger partial charge in [-0.05, 0) is 49.2 Å². The third-order valence-electron chi connectivity index (χ3n) is 5.16. The molecule has 32 heavy (non-hydrogen) atoms. The zero-order valence-electron chi connectivity index (χ0n) is 18.6. The van der Waals surface area contributed by atoms with Gasteiger partial charge in [-0.1, -0.05) is 28.1 Å². The van der Waals surface area contributed by atoms with Gasteiger partial charge in [-0.15, -0.1) is 0 Å². The molecule has 10 heteroatoms. The van der Waals surface area contributed by atoms with Crippen LogP contribution in [0.2, 0.25) is 0 Å². The largest absolute Gasteiger partial charge is 0.363 e. The third kappa shape index (κ3) is 5.55. The van der Waals surface area contributed by atoms with Crippen molar-refractivity contribution in [2.45, 2.75) is 31.1 Å². The quantitative estimate of drug-likeness (QED) is 0.400. The Hall–Kier alpha value is -2.27. The Kier molecular flexibility index (Phi) is 7.71. The molecule has 0 saturated heterocycles. The average Bonchev–Trinajstić information content (AvgIpc) is 2.74. The highest BCUT2D eigenvalue weighted by Crippen LogP contribution is 2.30. The molecule has 1 aromatic heterocycles. The zero-order chi connectivity index (χ0) is 23.5. The van der Waals surface area contributed by atoms with E-state index in [1.165, 1.54) is 6.26 Å². The van der Waals surface area contributed by atoms with Gasteiger partial charge in [0.1, 0.15) is 5.82 Å². The first-order valence-electron chi connectivity index (χ1n) is 9.97. The van der Waals surface area contributed by atoms with Gasteiger partial charge in [0.25, 0.3) is 0 Å². The number of ether oxygens (including phenoxy) is 2. The molecule has 3 aromatic rings. The van der Waals surface area contributed by atoms with Crippen LogP contribution in [0.3, 0.4) is 0 Å². The molecule has 0 bridgehead atoms. The Morgan fingerprint density at radius 3 is 2.50 bits per heavy atom. The van der Waals surface area contributed by atoms with Crippen LogP contribution in [0.1, 0.15) is 24.1 Å². The van der Waals surface area contributed by atoms with E-state index in [1.807, 2.05) is 38.1 Å². The molecule has 3 rings (SSSR count). The average molecular weight is 523 g/mol. The van der Waals surface area contributed by atoms with Crippen molar-refractivity contribution < 1.29 is 17.9 Å². The maximum atomic E-state index is 12.1. The molecule has 2 aromatic carbocycles. The minimum absolute atomic E-state index is 0.202. The van der Waals surface area contributed by atoms with Crippen LogP contribution in [-0.4, -0.2) is 51.7 Å². The molecule has 0 aliphatic rings. The summed E-state index contributed by atoms with van der Waals surface area (Å²) in [7, 11) is -0.192. The van der Waals surface area contributed by atoms with Crippen molar-refractivity contribution in [2.24, 2.45) is 0 Å². The molecule has 172 valence electrons. The molecule has 2 N–H and O–H groups in total. The lowest BCUT2D eigenvalue weighted by Crippen LogP contribution is -2.24. The fourth-order valence-corrected chi connectivity index (χ4v) is 4.87. The number of hydrogen-bond donors (Lipinski definition) is 2. The first-order chi connectivity index (χ1) is 15.1. The second-order valence-electron chi connectivity index (χ2n) is 7.45. The number of halogens is 1. The van der Waals surface area contributed by atoms with E-state index < -0.39 is 16.1 Å². The smallest absolute Gasteiger partial charge is 0.225 e. The number of nitrogens with one attached hydrogen (secondary N) is 2. The molecular formula is C22H27BrN4O4S. The number of hydrogen-bond acceptors (Lipinski definition) is 8. The number of benzene rings is 2. The highest BCUT2D eigenvalue weighted by Gasteiger charge is 2.18. The topological polar surface area (TPSA) is 102 Å². The van der Waals surface area contributed by atoms with E-state index in [2.05, 4.69) is 36.5 Å². The summed E-state index contributed by atoms with van der Waals surface area (Å²) in [6.07, 6.45) is 0.786. The lowest BCUT2D eigenvalue weighted by atomic mass is 10.0. The van der Waals surface area contributed by atoms with Crippen LogP contribution in [0, 0.1) is 6.92 Å². The van der Waals surface area contributed by atoms with Crippen LogP contribution in [0.25, 0.3) is 10.9 Å². The standard InChI is InChI=1S/C22H27BrN4O4S/c1-13-16(7-6-8-19(13)32(5,28)29)14(2)25-21-17-11-15(23)9-10-18(17)26-22(27-21)24-12-20(30-3)31-4/h6-11,14,20H,12H2,1-5H3,(H2,24,25,26,27)/t14-/m1/s1. The molecule has 1 heterocycles. The molecule has 0 unspecified atom stereocenters. The molecule has 0 radical (unpaired) electrons. The third-order valence-corrected chi connectivity index (χ3v) is 6.89. The molecule has 0 aliphatic carbocycles. The van der Waals surface area contributed by atoms with E-state index in [1.54, 1.807) is 26.4 Å². The molecule has 0 spiro atoms. The van der Waals surface area contributed by atoms with Gasteiger partial charge in [0, 0.05) is 30.3 Å². The predicted octanol–water partition coefficient (Wildman–Crippen LogP) is 4.31. The van der Waals surface area contributed by atoms with Crippen molar-refractivity contribution in [3.05, 3.63) is 52.0 Å². The summed E-state index contributed by atoms with van der Waals surface area (Å²) in [6.45, 7) is 4.17. The number of fused-ring (bicyclic) bond motifs is 1. The Labute approximate surface area is 196 Å². The number of nitrogens with zero attached hydrogens (tertiary/aromatic N) is 2. The van der Waals surface area contributed by atoms with Gasteiger partial charge in [0.2, 0.25) is 5.95 Å². The van der Waals surface area contributed by atoms with Crippen LogP contribution in [0.5, 0.6) is 0 Å². The summed E-state index contributed by atoms with van der Waals surface area (Å²) in [5.41, 5.74) is 2.35. The van der Waals surface area contributed by atoms with Crippen molar-refractivity contribution in [2.75, 3.05) is 37.7 Å². The summed E-state index contributed by atoms with van der Waals surface area (Å²) in [5.74, 6) is 1.05. The Morgan fingerprint density at radius 2 is 1.84 bits per heavy atom. The monoisotopic (exact) mass is 522 g/mol. The summed E-state index contributed by atoms with van der Waals surface area (Å²) < 4.78 is 35.6. The normalized spacial score (nSPS) is 12.8. The van der Waals surface area contributed by atoms with Crippen molar-refractivity contribution >= 4 is 48.4 Å². The maximum absolute atomic E-state index is 12.1. The molecular weight excluding hydrogens is 496 g/mol. The molecule has 0 amide bonds. The number of aromatic nitrogens is 2. The van der Waals surface area contributed by atoms with Gasteiger partial charge >= 0.3 is 0 Å². The maximum Gasteiger partial charge on any atom is 0.225 e. The number of anilines is 2. The lowest BCUT2D eigenvalue weighted by molar-refractivity contribution is -0.0914. The Bertz CT molecular complexity index is 1220. The van der Waals surface area contributed by atoms with Crippen molar-refractivity contribution in [3.8, 4) is 0 Å². The number of rotatable bonds is 9. The second kappa shape index (κ2) is 10.1. The first-order valence-corrected chi connectivity index (χ1v) is 12.6. The Balaban J connectivity index is 1.99. The summed E-state index contributed by atoms with van der Waals surface area (Å²) in [5, 5.41) is 7.42. The summed E-state index contributed by atoms with van der Waals surface area (Å²) in [4.78, 5) is 9.58. The summed E-state index contributed by atoms with van der Waals surface area (Å²) in [6, 6.07) is 10.9. The van der Waals surface area contributed by atoms with E-state index in [0.29, 0.717) is 23.2 Å². The van der Waals surface area contributed by atoms with E-state index in [4.69, 9.17) is 9.47 Å². The van der Waals surface area contributed by atoms with Crippen LogP contribution in [0.4, 0.5) is 11.8 Å². The molecule has 0 saturated carbocycles.